The van der Waals surface area contributed by atoms with Gasteiger partial charge in [-0.3, -0.25) is 19.7 Å². The van der Waals surface area contributed by atoms with Crippen LogP contribution < -0.4 is 20.3 Å². The monoisotopic (exact) mass is 415 g/mol. The summed E-state index contributed by atoms with van der Waals surface area (Å²) in [5, 5.41) is 16.7. The third-order valence-electron chi connectivity index (χ3n) is 4.54. The summed E-state index contributed by atoms with van der Waals surface area (Å²) >= 11 is 0. The van der Waals surface area contributed by atoms with Crippen LogP contribution in [-0.4, -0.2) is 44.0 Å². The Kier molecular flexibility index (Phi) is 7.48. The molecule has 0 aliphatic heterocycles. The molecule has 9 nitrogen and oxygen atoms in total. The van der Waals surface area contributed by atoms with E-state index in [1.807, 2.05) is 32.9 Å². The number of amides is 2. The first kappa shape index (κ1) is 22.8. The van der Waals surface area contributed by atoms with Gasteiger partial charge < -0.3 is 20.3 Å². The highest BCUT2D eigenvalue weighted by molar-refractivity contribution is 5.95. The summed E-state index contributed by atoms with van der Waals surface area (Å²) < 4.78 is 4.98. The highest BCUT2D eigenvalue weighted by Crippen LogP contribution is 2.28. The number of nitrogens with zero attached hydrogens (tertiary/aromatic N) is 1. The fourth-order valence-electron chi connectivity index (χ4n) is 3.26. The fraction of sp³-hybridized carbons (Fsp3) is 0.333. The number of hydrogen-bond acceptors (Lipinski definition) is 5. The molecule has 2 aromatic rings. The van der Waals surface area contributed by atoms with Gasteiger partial charge in [-0.25, -0.2) is 0 Å². The van der Waals surface area contributed by atoms with E-state index in [0.717, 1.165) is 22.4 Å². The molecule has 0 radical (unpaired) electrons. The van der Waals surface area contributed by atoms with E-state index in [0.29, 0.717) is 10.6 Å². The van der Waals surface area contributed by atoms with Gasteiger partial charge in [0.15, 0.2) is 13.1 Å². The summed E-state index contributed by atoms with van der Waals surface area (Å²) in [4.78, 5) is 36.0. The molecule has 1 atom stereocenters. The van der Waals surface area contributed by atoms with Crippen molar-refractivity contribution in [2.75, 3.05) is 37.9 Å². The molecule has 0 bridgehead atoms. The van der Waals surface area contributed by atoms with E-state index in [4.69, 9.17) is 4.74 Å². The predicted octanol–water partition coefficient (Wildman–Crippen LogP) is 1.62. The van der Waals surface area contributed by atoms with Crippen LogP contribution in [0.2, 0.25) is 0 Å². The zero-order valence-electron chi connectivity index (χ0n) is 17.8. The third-order valence-corrected chi connectivity index (χ3v) is 4.54. The maximum Gasteiger partial charge on any atom is 0.296 e. The van der Waals surface area contributed by atoms with Crippen molar-refractivity contribution in [3.63, 3.8) is 0 Å². The van der Waals surface area contributed by atoms with Gasteiger partial charge in [0.2, 0.25) is 0 Å². The van der Waals surface area contributed by atoms with Crippen LogP contribution in [0.5, 0.6) is 5.75 Å². The Bertz CT molecular complexity index is 951. The van der Waals surface area contributed by atoms with Gasteiger partial charge in [0.1, 0.15) is 11.4 Å². The van der Waals surface area contributed by atoms with Gasteiger partial charge in [0.05, 0.1) is 25.1 Å². The standard InChI is InChI=1S/C21H26N4O5/c1-13-8-14(2)21(15(3)9-13)23-20(27)12-24(4)11-19(26)22-17-7-6-16(30-5)10-18(17)25(28)29/h6-10H,11-12H2,1-5H3,(H,22,26)(H,23,27)/p+1. The molecule has 2 rings (SSSR count). The molecule has 0 saturated heterocycles. The van der Waals surface area contributed by atoms with E-state index in [9.17, 15) is 19.7 Å². The number of methoxy groups -OCH3 is 1. The lowest BCUT2D eigenvalue weighted by Gasteiger charge is -2.16. The molecule has 0 fully saturated rings. The summed E-state index contributed by atoms with van der Waals surface area (Å²) in [5.74, 6) is -0.331. The van der Waals surface area contributed by atoms with Crippen LogP contribution in [0, 0.1) is 30.9 Å². The molecule has 0 aliphatic rings. The number of quaternary nitrogens is 1. The lowest BCUT2D eigenvalue weighted by Crippen LogP contribution is -3.11. The number of carbonyl (C=O) groups excluding carboxylic acids is 2. The summed E-state index contributed by atoms with van der Waals surface area (Å²) in [7, 11) is 3.11. The highest BCUT2D eigenvalue weighted by Gasteiger charge is 2.20. The minimum atomic E-state index is -0.589. The lowest BCUT2D eigenvalue weighted by atomic mass is 10.1. The minimum absolute atomic E-state index is 0.0253. The number of likely N-dealkylation sites (N-methyl/N-ethyl adjacent to an activating group) is 1. The number of carbonyl (C=O) groups is 2. The lowest BCUT2D eigenvalue weighted by molar-refractivity contribution is -0.862. The van der Waals surface area contributed by atoms with Crippen LogP contribution in [0.1, 0.15) is 16.7 Å². The van der Waals surface area contributed by atoms with Crippen LogP contribution in [0.3, 0.4) is 0 Å². The molecule has 2 amide bonds. The molecular formula is C21H27N4O5+. The van der Waals surface area contributed by atoms with E-state index in [-0.39, 0.29) is 30.4 Å². The van der Waals surface area contributed by atoms with Crippen LogP contribution in [0.4, 0.5) is 17.1 Å². The number of hydrogen-bond donors (Lipinski definition) is 3. The number of nitro benzene ring substituents is 1. The number of rotatable bonds is 8. The molecule has 0 aromatic heterocycles. The van der Waals surface area contributed by atoms with Gasteiger partial charge >= 0.3 is 0 Å². The van der Waals surface area contributed by atoms with E-state index in [1.54, 1.807) is 7.05 Å². The normalized spacial score (nSPS) is 11.5. The van der Waals surface area contributed by atoms with Crippen molar-refractivity contribution in [3.05, 3.63) is 57.1 Å². The molecule has 0 aliphatic carbocycles. The average Bonchev–Trinajstić information content (AvgIpc) is 2.64. The van der Waals surface area contributed by atoms with Crippen LogP contribution >= 0.6 is 0 Å². The van der Waals surface area contributed by atoms with Gasteiger partial charge in [-0.05, 0) is 44.0 Å². The Balaban J connectivity index is 1.97. The Labute approximate surface area is 175 Å². The van der Waals surface area contributed by atoms with Crippen LogP contribution in [0.25, 0.3) is 0 Å². The number of anilines is 2. The zero-order chi connectivity index (χ0) is 22.4. The van der Waals surface area contributed by atoms with Gasteiger partial charge in [-0.1, -0.05) is 17.7 Å². The fourth-order valence-corrected chi connectivity index (χ4v) is 3.26. The van der Waals surface area contributed by atoms with Crippen molar-refractivity contribution in [2.45, 2.75) is 20.8 Å². The van der Waals surface area contributed by atoms with Crippen LogP contribution in [-0.2, 0) is 9.59 Å². The van der Waals surface area contributed by atoms with Crippen molar-refractivity contribution >= 4 is 28.9 Å². The average molecular weight is 415 g/mol. The molecule has 3 N–H and O–H groups in total. The van der Waals surface area contributed by atoms with Crippen LogP contribution in [0.15, 0.2) is 30.3 Å². The number of aryl methyl sites for hydroxylation is 3. The quantitative estimate of drug-likeness (QED) is 0.448. The summed E-state index contributed by atoms with van der Waals surface area (Å²) in [6, 6.07) is 8.17. The smallest absolute Gasteiger partial charge is 0.296 e. The molecule has 0 heterocycles. The van der Waals surface area contributed by atoms with E-state index in [1.165, 1.54) is 25.3 Å². The van der Waals surface area contributed by atoms with E-state index < -0.39 is 10.8 Å². The van der Waals surface area contributed by atoms with Gasteiger partial charge in [-0.2, -0.15) is 0 Å². The van der Waals surface area contributed by atoms with Crippen molar-refractivity contribution in [3.8, 4) is 5.75 Å². The predicted molar refractivity (Wildman–Crippen MR) is 114 cm³/mol. The van der Waals surface area contributed by atoms with Gasteiger partial charge in [0.25, 0.3) is 17.5 Å². The second kappa shape index (κ2) is 9.84. The SMILES string of the molecule is COc1ccc(NC(=O)C[NH+](C)CC(=O)Nc2c(C)cc(C)cc2C)c([N+](=O)[O-])c1. The van der Waals surface area contributed by atoms with Crippen molar-refractivity contribution < 1.29 is 24.1 Å². The maximum absolute atomic E-state index is 12.4. The second-order valence-electron chi connectivity index (χ2n) is 7.32. The largest absolute Gasteiger partial charge is 0.496 e. The second-order valence-corrected chi connectivity index (χ2v) is 7.32. The zero-order valence-corrected chi connectivity index (χ0v) is 17.8. The van der Waals surface area contributed by atoms with Gasteiger partial charge in [0, 0.05) is 5.69 Å². The first-order valence-corrected chi connectivity index (χ1v) is 9.42. The number of ether oxygens (including phenoxy) is 1. The third kappa shape index (κ3) is 6.02. The Morgan fingerprint density at radius 2 is 1.60 bits per heavy atom. The molecule has 2 aromatic carbocycles. The van der Waals surface area contributed by atoms with Crippen molar-refractivity contribution in [1.29, 1.82) is 0 Å². The highest BCUT2D eigenvalue weighted by atomic mass is 16.6. The molecule has 0 saturated carbocycles. The molecule has 1 unspecified atom stereocenters. The summed E-state index contributed by atoms with van der Waals surface area (Å²) in [6.07, 6.45) is 0. The number of nitrogens with one attached hydrogen (secondary N) is 3. The van der Waals surface area contributed by atoms with Gasteiger partial charge in [-0.15, -0.1) is 0 Å². The number of nitro groups is 1. The van der Waals surface area contributed by atoms with E-state index in [2.05, 4.69) is 10.6 Å². The Hall–Kier alpha value is -3.46. The summed E-state index contributed by atoms with van der Waals surface area (Å²) in [5.41, 5.74) is 3.66. The Morgan fingerprint density at radius 3 is 2.13 bits per heavy atom. The molecule has 30 heavy (non-hydrogen) atoms. The first-order valence-electron chi connectivity index (χ1n) is 9.42. The molecular weight excluding hydrogens is 388 g/mol. The molecule has 0 spiro atoms. The Morgan fingerprint density at radius 1 is 1.03 bits per heavy atom. The first-order chi connectivity index (χ1) is 14.1. The topological polar surface area (TPSA) is 115 Å². The molecule has 9 heteroatoms. The van der Waals surface area contributed by atoms with Crippen molar-refractivity contribution in [2.24, 2.45) is 0 Å². The number of benzene rings is 2. The van der Waals surface area contributed by atoms with E-state index >= 15 is 0 Å². The van der Waals surface area contributed by atoms with Crippen molar-refractivity contribution in [1.82, 2.24) is 0 Å². The minimum Gasteiger partial charge on any atom is -0.496 e. The summed E-state index contributed by atoms with van der Waals surface area (Å²) in [6.45, 7) is 5.91. The molecule has 160 valence electrons. The maximum atomic E-state index is 12.4.